The molecule has 2 heterocycles. The molecule has 1 atom stereocenters. The number of phenolic OH excluding ortho intramolecular Hbond substituents is 1. The number of fused-ring (bicyclic) bond motifs is 1. The van der Waals surface area contributed by atoms with Gasteiger partial charge in [0.25, 0.3) is 0 Å². The molecule has 1 N–H and O–H groups in total. The zero-order valence-electron chi connectivity index (χ0n) is 11.3. The largest absolute Gasteiger partial charge is 0.504 e. The Balaban J connectivity index is 2.02. The molecule has 104 valence electrons. The van der Waals surface area contributed by atoms with Crippen LogP contribution >= 0.6 is 0 Å². The van der Waals surface area contributed by atoms with Gasteiger partial charge in [-0.3, -0.25) is 0 Å². The van der Waals surface area contributed by atoms with Crippen LogP contribution in [0.3, 0.4) is 0 Å². The van der Waals surface area contributed by atoms with Crippen LogP contribution in [0.25, 0.3) is 10.8 Å². The number of aromatic hydroxyl groups is 1. The minimum atomic E-state index is -0.732. The van der Waals surface area contributed by atoms with Crippen LogP contribution in [-0.2, 0) is 10.5 Å². The third kappa shape index (κ3) is 1.40. The first-order chi connectivity index (χ1) is 9.75. The highest BCUT2D eigenvalue weighted by Crippen LogP contribution is 2.54. The van der Waals surface area contributed by atoms with Crippen molar-refractivity contribution in [3.8, 4) is 17.2 Å². The van der Waals surface area contributed by atoms with Gasteiger partial charge in [-0.05, 0) is 37.1 Å². The van der Waals surface area contributed by atoms with Gasteiger partial charge in [0.2, 0.25) is 5.79 Å². The van der Waals surface area contributed by atoms with Crippen LogP contribution < -0.4 is 9.47 Å². The lowest BCUT2D eigenvalue weighted by Gasteiger charge is -2.33. The highest BCUT2D eigenvalue weighted by atomic mass is 16.7. The van der Waals surface area contributed by atoms with Gasteiger partial charge in [0, 0.05) is 22.8 Å². The van der Waals surface area contributed by atoms with E-state index in [0.717, 1.165) is 41.3 Å². The predicted molar refractivity (Wildman–Crippen MR) is 74.3 cm³/mol. The van der Waals surface area contributed by atoms with Crippen molar-refractivity contribution in [2.45, 2.75) is 25.0 Å². The molecule has 0 aliphatic carbocycles. The molecule has 2 aromatic rings. The second-order valence-corrected chi connectivity index (χ2v) is 5.31. The Morgan fingerprint density at radius 2 is 2.10 bits per heavy atom. The first kappa shape index (κ1) is 11.9. The van der Waals surface area contributed by atoms with E-state index in [4.69, 9.17) is 14.2 Å². The van der Waals surface area contributed by atoms with Crippen LogP contribution in [0, 0.1) is 0 Å². The Morgan fingerprint density at radius 1 is 1.20 bits per heavy atom. The monoisotopic (exact) mass is 272 g/mol. The van der Waals surface area contributed by atoms with E-state index >= 15 is 0 Å². The van der Waals surface area contributed by atoms with Crippen LogP contribution in [-0.4, -0.2) is 18.8 Å². The van der Waals surface area contributed by atoms with Crippen molar-refractivity contribution < 1.29 is 19.3 Å². The summed E-state index contributed by atoms with van der Waals surface area (Å²) in [7, 11) is 1.65. The van der Waals surface area contributed by atoms with Crippen molar-refractivity contribution in [2.75, 3.05) is 13.7 Å². The number of hydrogen-bond acceptors (Lipinski definition) is 4. The Hall–Kier alpha value is -1.94. The summed E-state index contributed by atoms with van der Waals surface area (Å²) in [6.45, 7) is 0.683. The van der Waals surface area contributed by atoms with E-state index in [2.05, 4.69) is 0 Å². The van der Waals surface area contributed by atoms with Gasteiger partial charge in [-0.25, -0.2) is 0 Å². The van der Waals surface area contributed by atoms with Gasteiger partial charge in [-0.2, -0.15) is 0 Å². The summed E-state index contributed by atoms with van der Waals surface area (Å²) in [5.41, 5.74) is 0.999. The minimum Gasteiger partial charge on any atom is -0.504 e. The number of methoxy groups -OCH3 is 1. The molecular formula is C16H16O4. The third-order valence-electron chi connectivity index (χ3n) is 4.21. The zero-order valence-corrected chi connectivity index (χ0v) is 11.3. The van der Waals surface area contributed by atoms with Gasteiger partial charge in [0.1, 0.15) is 5.75 Å². The molecule has 0 saturated carbocycles. The van der Waals surface area contributed by atoms with Crippen molar-refractivity contribution in [1.29, 1.82) is 0 Å². The van der Waals surface area contributed by atoms with E-state index < -0.39 is 5.79 Å². The number of ether oxygens (including phenoxy) is 3. The lowest BCUT2D eigenvalue weighted by atomic mass is 9.94. The quantitative estimate of drug-likeness (QED) is 0.865. The van der Waals surface area contributed by atoms with Gasteiger partial charge < -0.3 is 19.3 Å². The normalized spacial score (nSPS) is 24.1. The standard InChI is InChI=1S/C16H16O4/c1-18-13-7-5-11-14-10(13)4-6-12(17)15(14)20-16(11)8-2-3-9-19-16/h4-7,17H,2-3,8-9H2,1H3. The molecule has 4 heteroatoms. The molecule has 4 nitrogen and oxygen atoms in total. The van der Waals surface area contributed by atoms with Gasteiger partial charge >= 0.3 is 0 Å². The summed E-state index contributed by atoms with van der Waals surface area (Å²) in [6.07, 6.45) is 2.91. The Morgan fingerprint density at radius 3 is 2.85 bits per heavy atom. The van der Waals surface area contributed by atoms with Crippen LogP contribution in [0.4, 0.5) is 0 Å². The molecule has 0 radical (unpaired) electrons. The minimum absolute atomic E-state index is 0.151. The molecule has 20 heavy (non-hydrogen) atoms. The number of phenols is 1. The van der Waals surface area contributed by atoms with Crippen molar-refractivity contribution >= 4 is 10.8 Å². The summed E-state index contributed by atoms with van der Waals surface area (Å²) in [6, 6.07) is 7.43. The molecule has 1 unspecified atom stereocenters. The number of hydrogen-bond donors (Lipinski definition) is 1. The molecule has 1 fully saturated rings. The molecular weight excluding hydrogens is 256 g/mol. The van der Waals surface area contributed by atoms with Gasteiger partial charge in [-0.15, -0.1) is 0 Å². The molecule has 2 aliphatic rings. The average molecular weight is 272 g/mol. The zero-order chi connectivity index (χ0) is 13.7. The van der Waals surface area contributed by atoms with Crippen LogP contribution in [0.2, 0.25) is 0 Å². The van der Waals surface area contributed by atoms with E-state index in [1.807, 2.05) is 18.2 Å². The van der Waals surface area contributed by atoms with Crippen molar-refractivity contribution in [2.24, 2.45) is 0 Å². The van der Waals surface area contributed by atoms with Crippen LogP contribution in [0.15, 0.2) is 24.3 Å². The van der Waals surface area contributed by atoms with Gasteiger partial charge in [-0.1, -0.05) is 0 Å². The second-order valence-electron chi connectivity index (χ2n) is 5.31. The van der Waals surface area contributed by atoms with Crippen molar-refractivity contribution in [3.05, 3.63) is 29.8 Å². The molecule has 4 rings (SSSR count). The van der Waals surface area contributed by atoms with E-state index in [0.29, 0.717) is 12.4 Å². The summed E-state index contributed by atoms with van der Waals surface area (Å²) in [4.78, 5) is 0. The topological polar surface area (TPSA) is 47.9 Å². The van der Waals surface area contributed by atoms with E-state index in [9.17, 15) is 5.11 Å². The fraction of sp³-hybridized carbons (Fsp3) is 0.375. The fourth-order valence-electron chi connectivity index (χ4n) is 3.26. The molecule has 2 aromatic carbocycles. The maximum absolute atomic E-state index is 10.1. The summed E-state index contributed by atoms with van der Waals surface area (Å²) in [5, 5.41) is 12.0. The molecule has 1 spiro atoms. The van der Waals surface area contributed by atoms with E-state index in [1.54, 1.807) is 13.2 Å². The van der Waals surface area contributed by atoms with E-state index in [-0.39, 0.29) is 5.75 Å². The predicted octanol–water partition coefficient (Wildman–Crippen LogP) is 3.30. The Bertz CT molecular complexity index is 686. The first-order valence-corrected chi connectivity index (χ1v) is 6.91. The summed E-state index contributed by atoms with van der Waals surface area (Å²) >= 11 is 0. The maximum Gasteiger partial charge on any atom is 0.238 e. The fourth-order valence-corrected chi connectivity index (χ4v) is 3.26. The Labute approximate surface area is 116 Å². The number of rotatable bonds is 1. The SMILES string of the molecule is COc1ccc2c3c(c(O)ccc13)OC21CCCCO1. The van der Waals surface area contributed by atoms with Crippen LogP contribution in [0.5, 0.6) is 17.2 Å². The average Bonchev–Trinajstić information content (AvgIpc) is 2.80. The van der Waals surface area contributed by atoms with Crippen molar-refractivity contribution in [1.82, 2.24) is 0 Å². The smallest absolute Gasteiger partial charge is 0.238 e. The van der Waals surface area contributed by atoms with Crippen molar-refractivity contribution in [3.63, 3.8) is 0 Å². The molecule has 0 amide bonds. The highest BCUT2D eigenvalue weighted by molar-refractivity contribution is 5.99. The lowest BCUT2D eigenvalue weighted by molar-refractivity contribution is -0.208. The number of benzene rings is 2. The second kappa shape index (κ2) is 4.03. The molecule has 0 bridgehead atoms. The van der Waals surface area contributed by atoms with Gasteiger partial charge in [0.15, 0.2) is 11.5 Å². The highest BCUT2D eigenvalue weighted by Gasteiger charge is 2.45. The summed E-state index contributed by atoms with van der Waals surface area (Å²) in [5.74, 6) is 0.710. The third-order valence-corrected chi connectivity index (χ3v) is 4.21. The summed E-state index contributed by atoms with van der Waals surface area (Å²) < 4.78 is 17.4. The molecule has 0 aromatic heterocycles. The van der Waals surface area contributed by atoms with Gasteiger partial charge in [0.05, 0.1) is 13.7 Å². The first-order valence-electron chi connectivity index (χ1n) is 6.91. The maximum atomic E-state index is 10.1. The van der Waals surface area contributed by atoms with E-state index in [1.165, 1.54) is 0 Å². The Kier molecular flexibility index (Phi) is 2.39. The molecule has 2 aliphatic heterocycles. The van der Waals surface area contributed by atoms with Crippen LogP contribution in [0.1, 0.15) is 24.8 Å². The molecule has 1 saturated heterocycles. The lowest BCUT2D eigenvalue weighted by Crippen LogP contribution is -2.36.